The van der Waals surface area contributed by atoms with Gasteiger partial charge in [0.05, 0.1) is 0 Å². The number of fused-ring (bicyclic) bond motifs is 1. The second-order valence-corrected chi connectivity index (χ2v) is 19.6. The van der Waals surface area contributed by atoms with Crippen LogP contribution in [0.3, 0.4) is 0 Å². The molecule has 0 radical (unpaired) electrons. The molecule has 0 atom stereocenters. The maximum Gasteiger partial charge on any atom is 0.179 e. The average molecular weight is 836 g/mol. The van der Waals surface area contributed by atoms with Crippen molar-refractivity contribution in [1.82, 2.24) is 0 Å². The van der Waals surface area contributed by atoms with Gasteiger partial charge in [0.15, 0.2) is 8.07 Å². The average Bonchev–Trinajstić information content (AvgIpc) is 3.34. The zero-order chi connectivity index (χ0) is 42.8. The Morgan fingerprint density at radius 1 is 0.254 bits per heavy atom. The van der Waals surface area contributed by atoms with Crippen molar-refractivity contribution in [3.63, 3.8) is 0 Å². The van der Waals surface area contributed by atoms with Gasteiger partial charge in [-0.1, -0.05) is 164 Å². The molecule has 0 spiro atoms. The van der Waals surface area contributed by atoms with Gasteiger partial charge < -0.3 is 4.90 Å². The van der Waals surface area contributed by atoms with Gasteiger partial charge in [0, 0.05) is 17.1 Å². The van der Waals surface area contributed by atoms with Crippen LogP contribution in [0.25, 0.3) is 44.2 Å². The molecule has 5 heteroatoms. The van der Waals surface area contributed by atoms with Crippen LogP contribution >= 0.6 is 0 Å². The molecule has 0 aliphatic carbocycles. The third kappa shape index (κ3) is 7.75. The van der Waals surface area contributed by atoms with Crippen LogP contribution < -0.4 is 25.6 Å². The van der Waals surface area contributed by atoms with E-state index in [0.717, 1.165) is 60.1 Å². The van der Waals surface area contributed by atoms with Crippen molar-refractivity contribution in [2.24, 2.45) is 0 Å². The Hall–Kier alpha value is -7.73. The van der Waals surface area contributed by atoms with Crippen molar-refractivity contribution >= 4 is 56.7 Å². The van der Waals surface area contributed by atoms with Gasteiger partial charge in [-0.2, -0.15) is 0 Å². The SMILES string of the molecule is Fc1ccc([Si](c2ccc(F)cc2)(c2ccc(F)cc2)c2ccc(-c3ccc(N(c4ccc(-c5ccccc5)cc4)c4ccc(-c5ccc6ccccc6c5)cc4)cc3)cc2)cc1. The molecule has 0 fully saturated rings. The summed E-state index contributed by atoms with van der Waals surface area (Å²) in [4.78, 5) is 2.28. The first kappa shape index (κ1) is 39.4. The molecule has 0 unspecified atom stereocenters. The predicted molar refractivity (Wildman–Crippen MR) is 258 cm³/mol. The van der Waals surface area contributed by atoms with Crippen molar-refractivity contribution in [3.05, 3.63) is 260 Å². The Morgan fingerprint density at radius 2 is 0.556 bits per heavy atom. The lowest BCUT2D eigenvalue weighted by Crippen LogP contribution is -2.74. The van der Waals surface area contributed by atoms with Crippen molar-refractivity contribution in [2.75, 3.05) is 4.90 Å². The number of halogens is 3. The van der Waals surface area contributed by atoms with Gasteiger partial charge in [0.1, 0.15) is 17.5 Å². The Kier molecular flexibility index (Phi) is 10.6. The van der Waals surface area contributed by atoms with Crippen LogP contribution in [0.1, 0.15) is 0 Å². The van der Waals surface area contributed by atoms with E-state index < -0.39 is 8.07 Å². The summed E-state index contributed by atoms with van der Waals surface area (Å²) in [6.45, 7) is 0. The highest BCUT2D eigenvalue weighted by molar-refractivity contribution is 7.19. The van der Waals surface area contributed by atoms with E-state index in [2.05, 4.69) is 169 Å². The summed E-state index contributed by atoms with van der Waals surface area (Å²) < 4.78 is 43.2. The quantitative estimate of drug-likeness (QED) is 0.0980. The van der Waals surface area contributed by atoms with E-state index in [1.807, 2.05) is 6.07 Å². The van der Waals surface area contributed by atoms with Crippen LogP contribution in [0, 0.1) is 17.5 Å². The fourth-order valence-corrected chi connectivity index (χ4v) is 13.5. The van der Waals surface area contributed by atoms with Crippen molar-refractivity contribution in [3.8, 4) is 33.4 Å². The number of rotatable bonds is 10. The number of nitrogens with zero attached hydrogens (tertiary/aromatic N) is 1. The van der Waals surface area contributed by atoms with Crippen LogP contribution in [0.4, 0.5) is 30.2 Å². The Morgan fingerprint density at radius 3 is 0.968 bits per heavy atom. The molecule has 0 saturated carbocycles. The van der Waals surface area contributed by atoms with Crippen LogP contribution in [0.15, 0.2) is 243 Å². The summed E-state index contributed by atoms with van der Waals surface area (Å²) in [5.41, 5.74) is 9.76. The minimum Gasteiger partial charge on any atom is -0.311 e. The van der Waals surface area contributed by atoms with Crippen LogP contribution in [0.5, 0.6) is 0 Å². The fraction of sp³-hybridized carbons (Fsp3) is 0. The maximum absolute atomic E-state index is 14.4. The molecule has 0 aromatic heterocycles. The standard InChI is InChI=1S/C58H40F3NSi/c59-49-20-34-56(35-21-49)63(57-36-22-50(60)23-37-57,58-38-24-51(61)25-39-58)55-32-18-45(19-33-55)44-14-28-53(29-15-44)62(52-26-12-43(13-27-52)41-6-2-1-3-7-41)54-30-16-46(17-31-54)48-11-10-42-8-4-5-9-47(42)40-48/h1-40H. The third-order valence-corrected chi connectivity index (χ3v) is 16.8. The number of hydrogen-bond donors (Lipinski definition) is 0. The van der Waals surface area contributed by atoms with Gasteiger partial charge in [0.25, 0.3) is 0 Å². The lowest BCUT2D eigenvalue weighted by Gasteiger charge is -2.34. The van der Waals surface area contributed by atoms with Crippen molar-refractivity contribution in [2.45, 2.75) is 0 Å². The molecular weight excluding hydrogens is 796 g/mol. The summed E-state index contributed by atoms with van der Waals surface area (Å²) >= 11 is 0. The molecule has 10 rings (SSSR count). The zero-order valence-corrected chi connectivity index (χ0v) is 35.2. The van der Waals surface area contributed by atoms with Gasteiger partial charge in [-0.25, -0.2) is 13.2 Å². The van der Waals surface area contributed by atoms with Gasteiger partial charge >= 0.3 is 0 Å². The first-order valence-electron chi connectivity index (χ1n) is 21.0. The Bertz CT molecular complexity index is 3020. The highest BCUT2D eigenvalue weighted by Crippen LogP contribution is 2.38. The van der Waals surface area contributed by atoms with E-state index in [0.29, 0.717) is 0 Å². The molecule has 0 saturated heterocycles. The molecule has 0 N–H and O–H groups in total. The lowest BCUT2D eigenvalue weighted by molar-refractivity contribution is 0.628. The molecule has 10 aromatic rings. The maximum atomic E-state index is 14.4. The second-order valence-electron chi connectivity index (χ2n) is 15.8. The molecule has 1 nitrogen and oxygen atoms in total. The summed E-state index contributed by atoms with van der Waals surface area (Å²) in [6, 6.07) is 79.5. The first-order valence-corrected chi connectivity index (χ1v) is 23.0. The molecule has 0 heterocycles. The van der Waals surface area contributed by atoms with E-state index in [1.54, 1.807) is 36.4 Å². The van der Waals surface area contributed by atoms with Gasteiger partial charge in [-0.3, -0.25) is 0 Å². The van der Waals surface area contributed by atoms with Crippen LogP contribution in [0.2, 0.25) is 0 Å². The summed E-state index contributed by atoms with van der Waals surface area (Å²) in [5.74, 6) is -1.04. The van der Waals surface area contributed by atoms with Crippen LogP contribution in [-0.2, 0) is 0 Å². The molecule has 0 aliphatic heterocycles. The minimum atomic E-state index is -3.16. The minimum absolute atomic E-state index is 0.348. The topological polar surface area (TPSA) is 3.24 Å². The normalized spacial score (nSPS) is 11.4. The van der Waals surface area contributed by atoms with E-state index >= 15 is 0 Å². The number of anilines is 3. The molecule has 302 valence electrons. The second kappa shape index (κ2) is 17.0. The predicted octanol–water partition coefficient (Wildman–Crippen LogP) is 13.1. The largest absolute Gasteiger partial charge is 0.311 e. The van der Waals surface area contributed by atoms with E-state index in [9.17, 15) is 13.2 Å². The molecule has 0 aliphatic rings. The molecular formula is C58H40F3NSi. The highest BCUT2D eigenvalue weighted by atomic mass is 28.3. The van der Waals surface area contributed by atoms with Crippen molar-refractivity contribution < 1.29 is 13.2 Å². The monoisotopic (exact) mass is 835 g/mol. The highest BCUT2D eigenvalue weighted by Gasteiger charge is 2.41. The van der Waals surface area contributed by atoms with Crippen molar-refractivity contribution in [1.29, 1.82) is 0 Å². The van der Waals surface area contributed by atoms with E-state index in [-0.39, 0.29) is 17.5 Å². The summed E-state index contributed by atoms with van der Waals surface area (Å²) in [5, 5.41) is 6.15. The summed E-state index contributed by atoms with van der Waals surface area (Å²) in [6.07, 6.45) is 0. The first-order chi connectivity index (χ1) is 30.9. The Balaban J connectivity index is 1.02. The van der Waals surface area contributed by atoms with E-state index in [4.69, 9.17) is 0 Å². The number of benzene rings is 10. The Labute approximate surface area is 366 Å². The van der Waals surface area contributed by atoms with E-state index in [1.165, 1.54) is 58.3 Å². The van der Waals surface area contributed by atoms with Crippen LogP contribution in [-0.4, -0.2) is 8.07 Å². The van der Waals surface area contributed by atoms with Gasteiger partial charge in [-0.15, -0.1) is 0 Å². The lowest BCUT2D eigenvalue weighted by atomic mass is 10.0. The summed E-state index contributed by atoms with van der Waals surface area (Å²) in [7, 11) is -3.16. The molecule has 10 aromatic carbocycles. The zero-order valence-electron chi connectivity index (χ0n) is 34.2. The molecule has 63 heavy (non-hydrogen) atoms. The molecule has 0 amide bonds. The molecule has 0 bridgehead atoms. The number of hydrogen-bond acceptors (Lipinski definition) is 1. The fourth-order valence-electron chi connectivity index (χ4n) is 8.87. The third-order valence-electron chi connectivity index (χ3n) is 12.0. The van der Waals surface area contributed by atoms with Gasteiger partial charge in [0.2, 0.25) is 0 Å². The van der Waals surface area contributed by atoms with Gasteiger partial charge in [-0.05, 0) is 144 Å². The smallest absolute Gasteiger partial charge is 0.179 e.